The third-order valence-corrected chi connectivity index (χ3v) is 4.97. The zero-order valence-corrected chi connectivity index (χ0v) is 16.4. The van der Waals surface area contributed by atoms with E-state index in [1.54, 1.807) is 18.2 Å². The second-order valence-electron chi connectivity index (χ2n) is 5.53. The van der Waals surface area contributed by atoms with Gasteiger partial charge in [0.1, 0.15) is 0 Å². The quantitative estimate of drug-likeness (QED) is 0.357. The molecule has 0 aliphatic carbocycles. The first-order valence-electron chi connectivity index (χ1n) is 7.88. The number of anilines is 2. The number of nitrogens with one attached hydrogen (secondary N) is 2. The third-order valence-electron chi connectivity index (χ3n) is 3.19. The van der Waals surface area contributed by atoms with Crippen LogP contribution < -0.4 is 10.6 Å². The van der Waals surface area contributed by atoms with Crippen LogP contribution in [0.5, 0.6) is 0 Å². The first-order chi connectivity index (χ1) is 13.5. The molecule has 0 fully saturated rings. The Hall–Kier alpha value is -2.73. The molecule has 2 aromatic carbocycles. The molecular formula is C17H14F3N3O4S2. The average molecular weight is 445 g/mol. The molecule has 12 heteroatoms. The molecule has 2 aromatic rings. The summed E-state index contributed by atoms with van der Waals surface area (Å²) in [7, 11) is 0. The molecule has 0 unspecified atom stereocenters. The first kappa shape index (κ1) is 22.6. The fraction of sp³-hybridized carbons (Fsp3) is 0.176. The summed E-state index contributed by atoms with van der Waals surface area (Å²) in [5, 5.41) is 16.3. The van der Waals surface area contributed by atoms with Crippen molar-refractivity contribution in [2.24, 2.45) is 0 Å². The van der Waals surface area contributed by atoms with Gasteiger partial charge in [-0.15, -0.1) is 11.8 Å². The fourth-order valence-corrected chi connectivity index (χ4v) is 3.56. The Morgan fingerprint density at radius 2 is 1.76 bits per heavy atom. The van der Waals surface area contributed by atoms with Gasteiger partial charge < -0.3 is 10.6 Å². The van der Waals surface area contributed by atoms with Crippen LogP contribution in [0.25, 0.3) is 0 Å². The van der Waals surface area contributed by atoms with E-state index in [0.29, 0.717) is 11.4 Å². The number of carbonyl (C=O) groups excluding carboxylic acids is 2. The molecule has 29 heavy (non-hydrogen) atoms. The zero-order valence-electron chi connectivity index (χ0n) is 14.8. The molecule has 0 aromatic heterocycles. The second-order valence-corrected chi connectivity index (χ2v) is 7.69. The first-order valence-corrected chi connectivity index (χ1v) is 9.68. The van der Waals surface area contributed by atoms with E-state index in [0.717, 1.165) is 23.9 Å². The highest BCUT2D eigenvalue weighted by Crippen LogP contribution is 2.40. The molecular weight excluding hydrogens is 431 g/mol. The average Bonchev–Trinajstić information content (AvgIpc) is 2.58. The van der Waals surface area contributed by atoms with Crippen molar-refractivity contribution in [3.05, 3.63) is 52.6 Å². The minimum absolute atomic E-state index is 0.0728. The third kappa shape index (κ3) is 7.66. The molecule has 2 amide bonds. The van der Waals surface area contributed by atoms with Gasteiger partial charge in [0, 0.05) is 29.3 Å². The monoisotopic (exact) mass is 445 g/mol. The van der Waals surface area contributed by atoms with Crippen molar-refractivity contribution in [1.29, 1.82) is 0 Å². The Bertz CT molecular complexity index is 938. The highest BCUT2D eigenvalue weighted by atomic mass is 32.2. The van der Waals surface area contributed by atoms with Gasteiger partial charge in [-0.05, 0) is 42.1 Å². The lowest BCUT2D eigenvalue weighted by Gasteiger charge is -2.09. The van der Waals surface area contributed by atoms with E-state index in [1.807, 2.05) is 0 Å². The highest BCUT2D eigenvalue weighted by Gasteiger charge is 2.30. The van der Waals surface area contributed by atoms with Crippen LogP contribution in [0, 0.1) is 10.1 Å². The number of hydrogen-bond acceptors (Lipinski definition) is 6. The van der Waals surface area contributed by atoms with Crippen LogP contribution in [0.15, 0.2) is 52.3 Å². The summed E-state index contributed by atoms with van der Waals surface area (Å²) in [6.45, 7) is 1.34. The van der Waals surface area contributed by atoms with Crippen LogP contribution in [0.2, 0.25) is 0 Å². The van der Waals surface area contributed by atoms with Gasteiger partial charge in [-0.25, -0.2) is 0 Å². The number of thioether (sulfide) groups is 2. The highest BCUT2D eigenvalue weighted by molar-refractivity contribution is 8.00. The summed E-state index contributed by atoms with van der Waals surface area (Å²) in [5.74, 6) is -0.946. The maximum atomic E-state index is 12.4. The smallest absolute Gasteiger partial charge is 0.326 e. The van der Waals surface area contributed by atoms with Crippen LogP contribution in [0.3, 0.4) is 0 Å². The number of halogens is 3. The largest absolute Gasteiger partial charge is 0.446 e. The van der Waals surface area contributed by atoms with E-state index in [1.165, 1.54) is 19.1 Å². The van der Waals surface area contributed by atoms with Crippen LogP contribution >= 0.6 is 23.5 Å². The van der Waals surface area contributed by atoms with Crippen molar-refractivity contribution >= 4 is 52.4 Å². The van der Waals surface area contributed by atoms with Gasteiger partial charge in [-0.3, -0.25) is 19.7 Å². The molecule has 0 radical (unpaired) electrons. The number of nitro groups is 1. The summed E-state index contributed by atoms with van der Waals surface area (Å²) in [5.41, 5.74) is -4.18. The lowest BCUT2D eigenvalue weighted by Crippen LogP contribution is -2.14. The Morgan fingerprint density at radius 3 is 2.34 bits per heavy atom. The number of alkyl halides is 3. The topological polar surface area (TPSA) is 101 Å². The summed E-state index contributed by atoms with van der Waals surface area (Å²) < 4.78 is 37.3. The summed E-state index contributed by atoms with van der Waals surface area (Å²) >= 11 is 0.380. The number of amides is 2. The van der Waals surface area contributed by atoms with E-state index in [2.05, 4.69) is 10.6 Å². The maximum Gasteiger partial charge on any atom is 0.446 e. The molecule has 0 saturated heterocycles. The van der Waals surface area contributed by atoms with Crippen molar-refractivity contribution in [2.45, 2.75) is 22.2 Å². The van der Waals surface area contributed by atoms with Crippen molar-refractivity contribution in [3.63, 3.8) is 0 Å². The van der Waals surface area contributed by atoms with Gasteiger partial charge in [0.25, 0.3) is 5.69 Å². The predicted molar refractivity (Wildman–Crippen MR) is 105 cm³/mol. The number of rotatable bonds is 7. The van der Waals surface area contributed by atoms with E-state index in [9.17, 15) is 32.9 Å². The van der Waals surface area contributed by atoms with Gasteiger partial charge in [-0.1, -0.05) is 6.07 Å². The van der Waals surface area contributed by atoms with E-state index < -0.39 is 33.8 Å². The minimum atomic E-state index is -4.56. The molecule has 0 heterocycles. The number of nitro benzene ring substituents is 1. The number of carbonyl (C=O) groups is 2. The Kier molecular flexibility index (Phi) is 7.51. The van der Waals surface area contributed by atoms with Crippen molar-refractivity contribution < 1.29 is 27.7 Å². The van der Waals surface area contributed by atoms with Crippen LogP contribution in [-0.4, -0.2) is 28.0 Å². The maximum absolute atomic E-state index is 12.4. The summed E-state index contributed by atoms with van der Waals surface area (Å²) in [6, 6.07) is 9.51. The lowest BCUT2D eigenvalue weighted by atomic mass is 10.2. The van der Waals surface area contributed by atoms with Gasteiger partial charge in [0.15, 0.2) is 0 Å². The predicted octanol–water partition coefficient (Wildman–Crippen LogP) is 4.90. The second kappa shape index (κ2) is 9.65. The Balaban J connectivity index is 2.04. The van der Waals surface area contributed by atoms with E-state index >= 15 is 0 Å². The van der Waals surface area contributed by atoms with Crippen LogP contribution in [-0.2, 0) is 9.59 Å². The standard InChI is InChI=1S/C17H14F3N3O4S2/c1-10(24)21-11-3-2-4-12(7-11)22-16(25)9-28-15-6-5-13(29-17(18,19)20)8-14(15)23(26)27/h2-8H,9H2,1H3,(H,21,24)(H,22,25). The minimum Gasteiger partial charge on any atom is -0.326 e. The van der Waals surface area contributed by atoms with Crippen LogP contribution in [0.4, 0.5) is 30.2 Å². The van der Waals surface area contributed by atoms with Gasteiger partial charge >= 0.3 is 5.51 Å². The lowest BCUT2D eigenvalue weighted by molar-refractivity contribution is -0.387. The molecule has 0 bridgehead atoms. The molecule has 154 valence electrons. The molecule has 2 N–H and O–H groups in total. The van der Waals surface area contributed by atoms with Crippen molar-refractivity contribution in [2.75, 3.05) is 16.4 Å². The molecule has 7 nitrogen and oxygen atoms in total. The van der Waals surface area contributed by atoms with Gasteiger partial charge in [0.05, 0.1) is 15.6 Å². The van der Waals surface area contributed by atoms with Crippen LogP contribution in [0.1, 0.15) is 6.92 Å². The number of nitrogens with zero attached hydrogens (tertiary/aromatic N) is 1. The SMILES string of the molecule is CC(=O)Nc1cccc(NC(=O)CSc2ccc(SC(F)(F)F)cc2[N+](=O)[O-])c1. The number of benzene rings is 2. The summed E-state index contributed by atoms with van der Waals surface area (Å²) in [6.07, 6.45) is 0. The van der Waals surface area contributed by atoms with Crippen molar-refractivity contribution in [3.8, 4) is 0 Å². The zero-order chi connectivity index (χ0) is 21.6. The summed E-state index contributed by atoms with van der Waals surface area (Å²) in [4.78, 5) is 33.3. The Morgan fingerprint density at radius 1 is 1.10 bits per heavy atom. The Labute approximate surface area is 171 Å². The number of hydrogen-bond donors (Lipinski definition) is 2. The van der Waals surface area contributed by atoms with E-state index in [-0.39, 0.29) is 21.5 Å². The molecule has 0 aliphatic rings. The van der Waals surface area contributed by atoms with Crippen molar-refractivity contribution in [1.82, 2.24) is 0 Å². The van der Waals surface area contributed by atoms with Gasteiger partial charge in [0.2, 0.25) is 11.8 Å². The van der Waals surface area contributed by atoms with Gasteiger partial charge in [-0.2, -0.15) is 13.2 Å². The molecule has 0 spiro atoms. The molecule has 0 saturated carbocycles. The molecule has 0 atom stereocenters. The normalized spacial score (nSPS) is 11.0. The van der Waals surface area contributed by atoms with E-state index in [4.69, 9.17) is 0 Å². The molecule has 0 aliphatic heterocycles. The fourth-order valence-electron chi connectivity index (χ4n) is 2.18. The molecule has 2 rings (SSSR count).